The Hall–Kier alpha value is -3.80. The summed E-state index contributed by atoms with van der Waals surface area (Å²) in [5, 5.41) is 3.04. The zero-order valence-corrected chi connectivity index (χ0v) is 18.0. The summed E-state index contributed by atoms with van der Waals surface area (Å²) in [6, 6.07) is 20.4. The summed E-state index contributed by atoms with van der Waals surface area (Å²) in [6.45, 7) is 0.588. The fourth-order valence-electron chi connectivity index (χ4n) is 4.87. The first-order valence-electron chi connectivity index (χ1n) is 10.6. The SMILES string of the molecule is COc1ccc(NC(=O)[C@H]2c3ccccc3C(=O)N3CCc4ccccc4[C@@H]23)c(OC)c1. The second kappa shape index (κ2) is 8.04. The molecule has 0 aliphatic carbocycles. The van der Waals surface area contributed by atoms with Crippen LogP contribution < -0.4 is 14.8 Å². The normalized spacial score (nSPS) is 18.8. The van der Waals surface area contributed by atoms with Gasteiger partial charge >= 0.3 is 0 Å². The molecule has 0 fully saturated rings. The minimum Gasteiger partial charge on any atom is -0.497 e. The van der Waals surface area contributed by atoms with Crippen LogP contribution in [0.2, 0.25) is 0 Å². The number of rotatable bonds is 4. The number of hydrogen-bond donors (Lipinski definition) is 1. The topological polar surface area (TPSA) is 67.9 Å². The molecule has 0 radical (unpaired) electrons. The Bertz CT molecular complexity index is 1210. The molecule has 5 rings (SSSR count). The van der Waals surface area contributed by atoms with Crippen molar-refractivity contribution in [1.29, 1.82) is 0 Å². The first-order chi connectivity index (χ1) is 15.6. The average molecular weight is 428 g/mol. The van der Waals surface area contributed by atoms with Gasteiger partial charge in [0.25, 0.3) is 5.91 Å². The maximum absolute atomic E-state index is 13.8. The summed E-state index contributed by atoms with van der Waals surface area (Å²) in [5.41, 5.74) is 4.11. The lowest BCUT2D eigenvalue weighted by atomic mass is 9.76. The molecule has 0 unspecified atom stereocenters. The van der Waals surface area contributed by atoms with E-state index in [9.17, 15) is 9.59 Å². The number of benzene rings is 3. The van der Waals surface area contributed by atoms with Crippen molar-refractivity contribution < 1.29 is 19.1 Å². The third-order valence-corrected chi connectivity index (χ3v) is 6.38. The van der Waals surface area contributed by atoms with Crippen molar-refractivity contribution in [1.82, 2.24) is 4.90 Å². The van der Waals surface area contributed by atoms with Crippen molar-refractivity contribution in [3.8, 4) is 11.5 Å². The lowest BCUT2D eigenvalue weighted by molar-refractivity contribution is -0.119. The Morgan fingerprint density at radius 2 is 1.72 bits per heavy atom. The first kappa shape index (κ1) is 20.1. The van der Waals surface area contributed by atoms with Gasteiger partial charge in [-0.1, -0.05) is 42.5 Å². The van der Waals surface area contributed by atoms with Crippen LogP contribution in [0.3, 0.4) is 0 Å². The van der Waals surface area contributed by atoms with Crippen LogP contribution in [-0.4, -0.2) is 37.5 Å². The number of anilines is 1. The molecule has 6 nitrogen and oxygen atoms in total. The Kier molecular flexibility index (Phi) is 5.05. The van der Waals surface area contributed by atoms with Crippen molar-refractivity contribution in [2.24, 2.45) is 0 Å². The Morgan fingerprint density at radius 1 is 0.969 bits per heavy atom. The highest BCUT2D eigenvalue weighted by Crippen LogP contribution is 2.46. The van der Waals surface area contributed by atoms with E-state index in [2.05, 4.69) is 11.4 Å². The molecule has 6 heteroatoms. The van der Waals surface area contributed by atoms with Crippen molar-refractivity contribution in [2.75, 3.05) is 26.1 Å². The van der Waals surface area contributed by atoms with Gasteiger partial charge in [0.15, 0.2) is 0 Å². The number of carbonyl (C=O) groups excluding carboxylic acids is 2. The summed E-state index contributed by atoms with van der Waals surface area (Å²) >= 11 is 0. The summed E-state index contributed by atoms with van der Waals surface area (Å²) in [5.74, 6) is 0.406. The van der Waals surface area contributed by atoms with E-state index in [0.29, 0.717) is 29.3 Å². The lowest BCUT2D eigenvalue weighted by Crippen LogP contribution is -2.49. The molecule has 0 spiro atoms. The molecule has 0 bridgehead atoms. The van der Waals surface area contributed by atoms with Crippen molar-refractivity contribution in [3.63, 3.8) is 0 Å². The molecule has 2 heterocycles. The summed E-state index contributed by atoms with van der Waals surface area (Å²) in [7, 11) is 3.14. The zero-order chi connectivity index (χ0) is 22.2. The van der Waals surface area contributed by atoms with Crippen LogP contribution in [0.25, 0.3) is 0 Å². The number of methoxy groups -OCH3 is 2. The van der Waals surface area contributed by atoms with Gasteiger partial charge < -0.3 is 19.7 Å². The molecule has 32 heavy (non-hydrogen) atoms. The summed E-state index contributed by atoms with van der Waals surface area (Å²) in [6.07, 6.45) is 0.779. The van der Waals surface area contributed by atoms with Gasteiger partial charge in [-0.3, -0.25) is 9.59 Å². The standard InChI is InChI=1S/C26H24N2O4/c1-31-17-11-12-21(22(15-17)32-2)27-25(29)23-19-9-5-6-10-20(19)26(30)28-14-13-16-7-3-4-8-18(16)24(23)28/h3-12,15,23-24H,13-14H2,1-2H3,(H,27,29)/t23-,24-/m0/s1. The highest BCUT2D eigenvalue weighted by Gasteiger charge is 2.46. The molecule has 2 aliphatic heterocycles. The van der Waals surface area contributed by atoms with E-state index in [-0.39, 0.29) is 17.9 Å². The molecule has 162 valence electrons. The maximum Gasteiger partial charge on any atom is 0.254 e. The second-order valence-electron chi connectivity index (χ2n) is 8.01. The molecule has 3 aromatic carbocycles. The summed E-state index contributed by atoms with van der Waals surface area (Å²) in [4.78, 5) is 29.0. The van der Waals surface area contributed by atoms with Crippen molar-refractivity contribution in [3.05, 3.63) is 89.0 Å². The van der Waals surface area contributed by atoms with Gasteiger partial charge in [0, 0.05) is 18.2 Å². The van der Waals surface area contributed by atoms with Crippen LogP contribution in [0, 0.1) is 0 Å². The zero-order valence-electron chi connectivity index (χ0n) is 18.0. The van der Waals surface area contributed by atoms with E-state index in [1.54, 1.807) is 32.4 Å². The smallest absolute Gasteiger partial charge is 0.254 e. The number of nitrogens with zero attached hydrogens (tertiary/aromatic N) is 1. The molecule has 0 saturated carbocycles. The molecule has 3 aromatic rings. The van der Waals surface area contributed by atoms with Crippen LogP contribution in [-0.2, 0) is 11.2 Å². The van der Waals surface area contributed by atoms with Crippen molar-refractivity contribution >= 4 is 17.5 Å². The van der Waals surface area contributed by atoms with Crippen LogP contribution in [0.1, 0.15) is 39.0 Å². The molecule has 0 saturated heterocycles. The highest BCUT2D eigenvalue weighted by molar-refractivity contribution is 6.05. The van der Waals surface area contributed by atoms with Gasteiger partial charge in [0.1, 0.15) is 11.5 Å². The van der Waals surface area contributed by atoms with Gasteiger partial charge in [-0.2, -0.15) is 0 Å². The Labute approximate surface area is 186 Å². The third kappa shape index (κ3) is 3.19. The van der Waals surface area contributed by atoms with Crippen molar-refractivity contribution in [2.45, 2.75) is 18.4 Å². The fraction of sp³-hybridized carbons (Fsp3) is 0.231. The van der Waals surface area contributed by atoms with Gasteiger partial charge in [-0.05, 0) is 41.3 Å². The Morgan fingerprint density at radius 3 is 2.50 bits per heavy atom. The first-order valence-corrected chi connectivity index (χ1v) is 10.6. The lowest BCUT2D eigenvalue weighted by Gasteiger charge is -2.45. The number of hydrogen-bond acceptors (Lipinski definition) is 4. The van der Waals surface area contributed by atoms with E-state index in [4.69, 9.17) is 9.47 Å². The van der Waals surface area contributed by atoms with Gasteiger partial charge in [0.05, 0.1) is 31.9 Å². The van der Waals surface area contributed by atoms with E-state index >= 15 is 0 Å². The molecule has 2 amide bonds. The predicted molar refractivity (Wildman–Crippen MR) is 121 cm³/mol. The van der Waals surface area contributed by atoms with Crippen LogP contribution in [0.4, 0.5) is 5.69 Å². The number of carbonyl (C=O) groups is 2. The van der Waals surface area contributed by atoms with E-state index in [1.165, 1.54) is 5.56 Å². The average Bonchev–Trinajstić information content (AvgIpc) is 2.84. The van der Waals surface area contributed by atoms with Gasteiger partial charge in [0.2, 0.25) is 5.91 Å². The molecule has 2 aliphatic rings. The minimum atomic E-state index is -0.544. The van der Waals surface area contributed by atoms with E-state index < -0.39 is 5.92 Å². The van der Waals surface area contributed by atoms with Crippen LogP contribution in [0.15, 0.2) is 66.7 Å². The number of ether oxygens (including phenoxy) is 2. The quantitative estimate of drug-likeness (QED) is 0.677. The van der Waals surface area contributed by atoms with Crippen LogP contribution in [0.5, 0.6) is 11.5 Å². The fourth-order valence-corrected chi connectivity index (χ4v) is 4.87. The van der Waals surface area contributed by atoms with E-state index in [1.807, 2.05) is 47.4 Å². The molecule has 0 aromatic heterocycles. The number of fused-ring (bicyclic) bond motifs is 4. The molecular weight excluding hydrogens is 404 g/mol. The molecule has 1 N–H and O–H groups in total. The largest absolute Gasteiger partial charge is 0.497 e. The number of nitrogens with one attached hydrogen (secondary N) is 1. The van der Waals surface area contributed by atoms with Gasteiger partial charge in [-0.25, -0.2) is 0 Å². The molecule has 2 atom stereocenters. The predicted octanol–water partition coefficient (Wildman–Crippen LogP) is 4.18. The van der Waals surface area contributed by atoms with E-state index in [0.717, 1.165) is 17.5 Å². The minimum absolute atomic E-state index is 0.0221. The summed E-state index contributed by atoms with van der Waals surface area (Å²) < 4.78 is 10.7. The third-order valence-electron chi connectivity index (χ3n) is 6.38. The number of amides is 2. The van der Waals surface area contributed by atoms with Gasteiger partial charge in [-0.15, -0.1) is 0 Å². The highest BCUT2D eigenvalue weighted by atomic mass is 16.5. The monoisotopic (exact) mass is 428 g/mol. The van der Waals surface area contributed by atoms with Crippen LogP contribution >= 0.6 is 0 Å². The maximum atomic E-state index is 13.8. The Balaban J connectivity index is 1.60. The molecular formula is C26H24N2O4. The second-order valence-corrected chi connectivity index (χ2v) is 8.01.